The number of hydrogen-bond acceptors (Lipinski definition) is 3. The van der Waals surface area contributed by atoms with Crippen LogP contribution in [0, 0.1) is 12.8 Å². The topological polar surface area (TPSA) is 28.4 Å². The van der Waals surface area contributed by atoms with Gasteiger partial charge >= 0.3 is 0 Å². The number of furan rings is 1. The van der Waals surface area contributed by atoms with Crippen LogP contribution in [0.1, 0.15) is 31.6 Å². The Morgan fingerprint density at radius 1 is 1.53 bits per heavy atom. The average molecular weight is 236 g/mol. The van der Waals surface area contributed by atoms with Gasteiger partial charge in [-0.2, -0.15) is 0 Å². The van der Waals surface area contributed by atoms with Crippen LogP contribution < -0.4 is 5.32 Å². The second kappa shape index (κ2) is 5.69. The van der Waals surface area contributed by atoms with Crippen molar-refractivity contribution in [3.63, 3.8) is 0 Å². The summed E-state index contributed by atoms with van der Waals surface area (Å²) < 4.78 is 5.42. The lowest BCUT2D eigenvalue weighted by Gasteiger charge is -2.20. The molecule has 1 aromatic heterocycles. The van der Waals surface area contributed by atoms with E-state index in [-0.39, 0.29) is 0 Å². The number of nitrogens with zero attached hydrogens (tertiary/aromatic N) is 1. The molecule has 3 heteroatoms. The minimum absolute atomic E-state index is 0.687. The number of likely N-dealkylation sites (tertiary alicyclic amines) is 1. The molecule has 96 valence electrons. The van der Waals surface area contributed by atoms with E-state index in [9.17, 15) is 0 Å². The molecule has 3 nitrogen and oxygen atoms in total. The van der Waals surface area contributed by atoms with Gasteiger partial charge in [-0.15, -0.1) is 0 Å². The van der Waals surface area contributed by atoms with E-state index in [4.69, 9.17) is 4.42 Å². The standard InChI is InChI=1S/C14H24N2O/c1-11(2)16-6-4-13(10-16)8-15-9-14-12(3)5-7-17-14/h5,7,11,13,15H,4,6,8-10H2,1-3H3. The Morgan fingerprint density at radius 3 is 2.94 bits per heavy atom. The van der Waals surface area contributed by atoms with Crippen LogP contribution in [-0.4, -0.2) is 30.6 Å². The molecule has 0 saturated carbocycles. The molecule has 1 unspecified atom stereocenters. The highest BCUT2D eigenvalue weighted by Gasteiger charge is 2.23. The Labute approximate surface area is 104 Å². The summed E-state index contributed by atoms with van der Waals surface area (Å²) in [6, 6.07) is 2.71. The number of nitrogens with one attached hydrogen (secondary N) is 1. The van der Waals surface area contributed by atoms with Crippen molar-refractivity contribution in [1.82, 2.24) is 10.2 Å². The molecule has 2 rings (SSSR count). The first-order valence-corrected chi connectivity index (χ1v) is 6.64. The number of aryl methyl sites for hydroxylation is 1. The van der Waals surface area contributed by atoms with Gasteiger partial charge in [0.2, 0.25) is 0 Å². The molecular weight excluding hydrogens is 212 g/mol. The van der Waals surface area contributed by atoms with Crippen molar-refractivity contribution >= 4 is 0 Å². The highest BCUT2D eigenvalue weighted by molar-refractivity contribution is 5.14. The molecule has 1 aliphatic rings. The zero-order chi connectivity index (χ0) is 12.3. The Hall–Kier alpha value is -0.800. The van der Waals surface area contributed by atoms with E-state index in [1.54, 1.807) is 6.26 Å². The smallest absolute Gasteiger partial charge is 0.120 e. The van der Waals surface area contributed by atoms with Gasteiger partial charge in [-0.3, -0.25) is 0 Å². The highest BCUT2D eigenvalue weighted by Crippen LogP contribution is 2.18. The molecule has 17 heavy (non-hydrogen) atoms. The van der Waals surface area contributed by atoms with Crippen LogP contribution in [0.3, 0.4) is 0 Å². The van der Waals surface area contributed by atoms with Crippen molar-refractivity contribution in [2.24, 2.45) is 5.92 Å². The molecule has 1 fully saturated rings. The van der Waals surface area contributed by atoms with Gasteiger partial charge < -0.3 is 14.6 Å². The van der Waals surface area contributed by atoms with Crippen molar-refractivity contribution in [3.05, 3.63) is 23.7 Å². The van der Waals surface area contributed by atoms with Gasteiger partial charge in [-0.25, -0.2) is 0 Å². The SMILES string of the molecule is Cc1ccoc1CNCC1CCN(C(C)C)C1. The summed E-state index contributed by atoms with van der Waals surface area (Å²) in [5.74, 6) is 1.87. The van der Waals surface area contributed by atoms with Crippen molar-refractivity contribution in [1.29, 1.82) is 0 Å². The Morgan fingerprint density at radius 2 is 2.35 bits per heavy atom. The first-order valence-electron chi connectivity index (χ1n) is 6.64. The zero-order valence-electron chi connectivity index (χ0n) is 11.2. The summed E-state index contributed by atoms with van der Waals surface area (Å²) in [6.45, 7) is 11.1. The number of hydrogen-bond donors (Lipinski definition) is 1. The van der Waals surface area contributed by atoms with E-state index in [1.807, 2.05) is 6.07 Å². The maximum absolute atomic E-state index is 5.42. The van der Waals surface area contributed by atoms with E-state index < -0.39 is 0 Å². The molecule has 2 heterocycles. The van der Waals surface area contributed by atoms with Gasteiger partial charge in [0.05, 0.1) is 12.8 Å². The Balaban J connectivity index is 1.68. The average Bonchev–Trinajstić information content (AvgIpc) is 2.89. The van der Waals surface area contributed by atoms with Crippen molar-refractivity contribution in [2.75, 3.05) is 19.6 Å². The fourth-order valence-electron chi connectivity index (χ4n) is 2.47. The fourth-order valence-corrected chi connectivity index (χ4v) is 2.47. The second-order valence-electron chi connectivity index (χ2n) is 5.40. The minimum Gasteiger partial charge on any atom is -0.468 e. The molecular formula is C14H24N2O. The fraction of sp³-hybridized carbons (Fsp3) is 0.714. The molecule has 1 saturated heterocycles. The van der Waals surface area contributed by atoms with Crippen molar-refractivity contribution in [2.45, 2.75) is 39.8 Å². The van der Waals surface area contributed by atoms with Gasteiger partial charge in [0.25, 0.3) is 0 Å². The molecule has 1 aliphatic heterocycles. The Kier molecular flexibility index (Phi) is 4.24. The van der Waals surface area contributed by atoms with Gasteiger partial charge in [0, 0.05) is 12.6 Å². The van der Waals surface area contributed by atoms with Crippen LogP contribution in [-0.2, 0) is 6.54 Å². The quantitative estimate of drug-likeness (QED) is 0.851. The van der Waals surface area contributed by atoms with Crippen LogP contribution in [0.5, 0.6) is 0 Å². The van der Waals surface area contributed by atoms with Crippen LogP contribution in [0.2, 0.25) is 0 Å². The van der Waals surface area contributed by atoms with Crippen LogP contribution in [0.25, 0.3) is 0 Å². The maximum atomic E-state index is 5.42. The van der Waals surface area contributed by atoms with E-state index in [0.29, 0.717) is 6.04 Å². The van der Waals surface area contributed by atoms with Gasteiger partial charge in [0.15, 0.2) is 0 Å². The second-order valence-corrected chi connectivity index (χ2v) is 5.40. The lowest BCUT2D eigenvalue weighted by Crippen LogP contribution is -2.30. The summed E-state index contributed by atoms with van der Waals surface area (Å²) in [7, 11) is 0. The largest absolute Gasteiger partial charge is 0.468 e. The van der Waals surface area contributed by atoms with Crippen molar-refractivity contribution < 1.29 is 4.42 Å². The third-order valence-electron chi connectivity index (χ3n) is 3.73. The van der Waals surface area contributed by atoms with Gasteiger partial charge in [0.1, 0.15) is 5.76 Å². The van der Waals surface area contributed by atoms with Gasteiger partial charge in [-0.1, -0.05) is 0 Å². The van der Waals surface area contributed by atoms with Crippen LogP contribution in [0.15, 0.2) is 16.7 Å². The third kappa shape index (κ3) is 3.33. The zero-order valence-corrected chi connectivity index (χ0v) is 11.2. The third-order valence-corrected chi connectivity index (χ3v) is 3.73. The molecule has 0 amide bonds. The lowest BCUT2D eigenvalue weighted by atomic mass is 10.1. The van der Waals surface area contributed by atoms with E-state index in [2.05, 4.69) is 31.0 Å². The van der Waals surface area contributed by atoms with Crippen LogP contribution >= 0.6 is 0 Å². The highest BCUT2D eigenvalue weighted by atomic mass is 16.3. The molecule has 1 atom stereocenters. The molecule has 1 aromatic rings. The monoisotopic (exact) mass is 236 g/mol. The van der Waals surface area contributed by atoms with Crippen LogP contribution in [0.4, 0.5) is 0 Å². The maximum Gasteiger partial charge on any atom is 0.120 e. The van der Waals surface area contributed by atoms with Gasteiger partial charge in [-0.05, 0) is 57.8 Å². The van der Waals surface area contributed by atoms with Crippen molar-refractivity contribution in [3.8, 4) is 0 Å². The predicted molar refractivity (Wildman–Crippen MR) is 70.0 cm³/mol. The molecule has 0 spiro atoms. The first-order chi connectivity index (χ1) is 8.16. The molecule has 0 radical (unpaired) electrons. The molecule has 0 aliphatic carbocycles. The molecule has 0 bridgehead atoms. The normalized spacial score (nSPS) is 21.5. The molecule has 0 aromatic carbocycles. The summed E-state index contributed by atoms with van der Waals surface area (Å²) in [4.78, 5) is 2.56. The number of rotatable bonds is 5. The Bertz CT molecular complexity index is 346. The molecule has 1 N–H and O–H groups in total. The first kappa shape index (κ1) is 12.7. The summed E-state index contributed by atoms with van der Waals surface area (Å²) in [5, 5.41) is 3.51. The minimum atomic E-state index is 0.687. The lowest BCUT2D eigenvalue weighted by molar-refractivity contribution is 0.263. The van der Waals surface area contributed by atoms with E-state index >= 15 is 0 Å². The summed E-state index contributed by atoms with van der Waals surface area (Å²) in [5.41, 5.74) is 1.24. The summed E-state index contributed by atoms with van der Waals surface area (Å²) >= 11 is 0. The predicted octanol–water partition coefficient (Wildman–Crippen LogP) is 2.41. The summed E-state index contributed by atoms with van der Waals surface area (Å²) in [6.07, 6.45) is 3.09. The van der Waals surface area contributed by atoms with E-state index in [1.165, 1.54) is 25.1 Å². The van der Waals surface area contributed by atoms with E-state index in [0.717, 1.165) is 24.8 Å².